The molecule has 0 spiro atoms. The van der Waals surface area contributed by atoms with Crippen LogP contribution in [-0.4, -0.2) is 13.7 Å². The van der Waals surface area contributed by atoms with Crippen LogP contribution in [0.15, 0.2) is 55.1 Å². The molecular weight excluding hydrogens is 312 g/mol. The van der Waals surface area contributed by atoms with Gasteiger partial charge in [-0.3, -0.25) is 0 Å². The van der Waals surface area contributed by atoms with E-state index in [-0.39, 0.29) is 0 Å². The second-order valence-electron chi connectivity index (χ2n) is 5.83. The van der Waals surface area contributed by atoms with E-state index in [0.717, 1.165) is 47.6 Å². The van der Waals surface area contributed by atoms with Crippen molar-refractivity contribution in [2.45, 2.75) is 32.7 Å². The SMILES string of the molecule is C=CCc1cc(CNNc2ccccc2)cc(OC)c1OCCCC. The molecule has 0 unspecified atom stereocenters. The first-order chi connectivity index (χ1) is 12.3. The van der Waals surface area contributed by atoms with Gasteiger partial charge in [0.1, 0.15) is 0 Å². The van der Waals surface area contributed by atoms with Gasteiger partial charge in [-0.15, -0.1) is 6.58 Å². The molecule has 2 rings (SSSR count). The van der Waals surface area contributed by atoms with E-state index >= 15 is 0 Å². The molecule has 0 heterocycles. The average molecular weight is 340 g/mol. The van der Waals surface area contributed by atoms with Crippen molar-refractivity contribution in [2.75, 3.05) is 19.1 Å². The Kier molecular flexibility index (Phi) is 7.86. The monoisotopic (exact) mass is 340 g/mol. The minimum absolute atomic E-state index is 0.671. The third-order valence-electron chi connectivity index (χ3n) is 3.82. The van der Waals surface area contributed by atoms with Gasteiger partial charge in [-0.05, 0) is 36.6 Å². The number of hydrogen-bond donors (Lipinski definition) is 2. The van der Waals surface area contributed by atoms with E-state index in [1.165, 1.54) is 0 Å². The lowest BCUT2D eigenvalue weighted by molar-refractivity contribution is 0.285. The van der Waals surface area contributed by atoms with Gasteiger partial charge in [0.05, 0.1) is 13.7 Å². The summed E-state index contributed by atoms with van der Waals surface area (Å²) in [5.74, 6) is 1.60. The van der Waals surface area contributed by atoms with Crippen molar-refractivity contribution in [3.8, 4) is 11.5 Å². The lowest BCUT2D eigenvalue weighted by Crippen LogP contribution is -2.21. The molecule has 2 aromatic carbocycles. The van der Waals surface area contributed by atoms with Crippen LogP contribution < -0.4 is 20.3 Å². The minimum Gasteiger partial charge on any atom is -0.493 e. The van der Waals surface area contributed by atoms with Gasteiger partial charge in [0.15, 0.2) is 11.5 Å². The Hall–Kier alpha value is -2.46. The number of hydrogen-bond acceptors (Lipinski definition) is 4. The Morgan fingerprint density at radius 1 is 1.16 bits per heavy atom. The molecule has 0 atom stereocenters. The Morgan fingerprint density at radius 2 is 1.96 bits per heavy atom. The smallest absolute Gasteiger partial charge is 0.164 e. The number of methoxy groups -OCH3 is 1. The van der Waals surface area contributed by atoms with Crippen molar-refractivity contribution in [2.24, 2.45) is 0 Å². The summed E-state index contributed by atoms with van der Waals surface area (Å²) >= 11 is 0. The first-order valence-electron chi connectivity index (χ1n) is 8.75. The summed E-state index contributed by atoms with van der Waals surface area (Å²) in [4.78, 5) is 0. The number of nitrogens with one attached hydrogen (secondary N) is 2. The van der Waals surface area contributed by atoms with Crippen molar-refractivity contribution in [3.63, 3.8) is 0 Å². The number of unbranched alkanes of at least 4 members (excludes halogenated alkanes) is 1. The highest BCUT2D eigenvalue weighted by Crippen LogP contribution is 2.33. The van der Waals surface area contributed by atoms with Crippen LogP contribution in [0.5, 0.6) is 11.5 Å². The molecule has 0 bridgehead atoms. The van der Waals surface area contributed by atoms with Crippen LogP contribution in [0.4, 0.5) is 5.69 Å². The topological polar surface area (TPSA) is 42.5 Å². The zero-order valence-electron chi connectivity index (χ0n) is 15.2. The maximum absolute atomic E-state index is 5.97. The van der Waals surface area contributed by atoms with Gasteiger partial charge in [0.2, 0.25) is 0 Å². The average Bonchev–Trinajstić information content (AvgIpc) is 2.64. The van der Waals surface area contributed by atoms with Crippen molar-refractivity contribution in [1.82, 2.24) is 5.43 Å². The standard InChI is InChI=1S/C21H28N2O2/c1-4-6-13-25-21-18(10-5-2)14-17(15-20(21)24-3)16-22-23-19-11-8-7-9-12-19/h5,7-9,11-12,14-15,22-23H,2,4,6,10,13,16H2,1,3H3. The fourth-order valence-corrected chi connectivity index (χ4v) is 2.54. The third kappa shape index (κ3) is 5.84. The van der Waals surface area contributed by atoms with E-state index < -0.39 is 0 Å². The van der Waals surface area contributed by atoms with Gasteiger partial charge in [-0.1, -0.05) is 43.7 Å². The molecule has 4 nitrogen and oxygen atoms in total. The number of ether oxygens (including phenoxy) is 2. The highest BCUT2D eigenvalue weighted by molar-refractivity contribution is 5.50. The van der Waals surface area contributed by atoms with Crippen LogP contribution in [0.25, 0.3) is 0 Å². The van der Waals surface area contributed by atoms with Crippen molar-refractivity contribution >= 4 is 5.69 Å². The van der Waals surface area contributed by atoms with E-state index in [4.69, 9.17) is 9.47 Å². The summed E-state index contributed by atoms with van der Waals surface area (Å²) in [6.45, 7) is 7.38. The summed E-state index contributed by atoms with van der Waals surface area (Å²) < 4.78 is 11.5. The Labute approximate surface area is 150 Å². The molecule has 0 aliphatic carbocycles. The van der Waals surface area contributed by atoms with Gasteiger partial charge < -0.3 is 14.9 Å². The fraction of sp³-hybridized carbons (Fsp3) is 0.333. The highest BCUT2D eigenvalue weighted by Gasteiger charge is 2.12. The van der Waals surface area contributed by atoms with Crippen LogP contribution in [0.3, 0.4) is 0 Å². The largest absolute Gasteiger partial charge is 0.493 e. The zero-order valence-corrected chi connectivity index (χ0v) is 15.2. The molecule has 0 saturated heterocycles. The third-order valence-corrected chi connectivity index (χ3v) is 3.82. The number of hydrazine groups is 1. The lowest BCUT2D eigenvalue weighted by Gasteiger charge is -2.17. The van der Waals surface area contributed by atoms with Crippen LogP contribution >= 0.6 is 0 Å². The molecule has 4 heteroatoms. The van der Waals surface area contributed by atoms with E-state index in [2.05, 4.69) is 30.4 Å². The van der Waals surface area contributed by atoms with Crippen LogP contribution in [-0.2, 0) is 13.0 Å². The number of allylic oxidation sites excluding steroid dienone is 1. The van der Waals surface area contributed by atoms with Gasteiger partial charge in [-0.25, -0.2) is 5.43 Å². The van der Waals surface area contributed by atoms with Crippen molar-refractivity contribution in [3.05, 3.63) is 66.2 Å². The summed E-state index contributed by atoms with van der Waals surface area (Å²) in [6, 6.07) is 14.2. The molecule has 25 heavy (non-hydrogen) atoms. The van der Waals surface area contributed by atoms with Gasteiger partial charge in [-0.2, -0.15) is 0 Å². The first-order valence-corrected chi connectivity index (χ1v) is 8.75. The number of para-hydroxylation sites is 1. The zero-order chi connectivity index (χ0) is 17.9. The second-order valence-corrected chi connectivity index (χ2v) is 5.83. The van der Waals surface area contributed by atoms with Crippen molar-refractivity contribution in [1.29, 1.82) is 0 Å². The van der Waals surface area contributed by atoms with E-state index in [1.807, 2.05) is 42.5 Å². The highest BCUT2D eigenvalue weighted by atomic mass is 16.5. The quantitative estimate of drug-likeness (QED) is 0.353. The second kappa shape index (κ2) is 10.4. The Morgan fingerprint density at radius 3 is 2.64 bits per heavy atom. The molecule has 0 radical (unpaired) electrons. The number of rotatable bonds is 11. The van der Waals surface area contributed by atoms with E-state index in [9.17, 15) is 0 Å². The molecular formula is C21H28N2O2. The summed E-state index contributed by atoms with van der Waals surface area (Å²) in [6.07, 6.45) is 4.77. The molecule has 2 aromatic rings. The van der Waals surface area contributed by atoms with Gasteiger partial charge >= 0.3 is 0 Å². The normalized spacial score (nSPS) is 10.3. The van der Waals surface area contributed by atoms with Gasteiger partial charge in [0, 0.05) is 17.8 Å². The van der Waals surface area contributed by atoms with Crippen LogP contribution in [0.2, 0.25) is 0 Å². The summed E-state index contributed by atoms with van der Waals surface area (Å²) in [5.41, 5.74) is 9.69. The molecule has 134 valence electrons. The molecule has 2 N–H and O–H groups in total. The van der Waals surface area contributed by atoms with E-state index in [1.54, 1.807) is 7.11 Å². The molecule has 0 aromatic heterocycles. The first kappa shape index (κ1) is 18.9. The Bertz CT molecular complexity index is 656. The molecule has 0 aliphatic heterocycles. The molecule has 0 aliphatic rings. The van der Waals surface area contributed by atoms with Crippen LogP contribution in [0, 0.1) is 0 Å². The molecule has 0 saturated carbocycles. The van der Waals surface area contributed by atoms with Crippen LogP contribution in [0.1, 0.15) is 30.9 Å². The number of benzene rings is 2. The predicted octanol–water partition coefficient (Wildman–Crippen LogP) is 4.72. The number of anilines is 1. The maximum atomic E-state index is 5.97. The Balaban J connectivity index is 2.09. The predicted molar refractivity (Wildman–Crippen MR) is 104 cm³/mol. The maximum Gasteiger partial charge on any atom is 0.164 e. The van der Waals surface area contributed by atoms with E-state index in [0.29, 0.717) is 13.2 Å². The van der Waals surface area contributed by atoms with Crippen molar-refractivity contribution < 1.29 is 9.47 Å². The van der Waals surface area contributed by atoms with Gasteiger partial charge in [0.25, 0.3) is 0 Å². The summed E-state index contributed by atoms with van der Waals surface area (Å²) in [7, 11) is 1.68. The fourth-order valence-electron chi connectivity index (χ4n) is 2.54. The molecule has 0 amide bonds. The summed E-state index contributed by atoms with van der Waals surface area (Å²) in [5, 5.41) is 0. The molecule has 0 fully saturated rings. The minimum atomic E-state index is 0.671. The lowest BCUT2D eigenvalue weighted by atomic mass is 10.1.